The van der Waals surface area contributed by atoms with Gasteiger partial charge >= 0.3 is 6.11 Å². The van der Waals surface area contributed by atoms with Gasteiger partial charge in [-0.25, -0.2) is 17.6 Å². The van der Waals surface area contributed by atoms with Crippen molar-refractivity contribution in [2.45, 2.75) is 51.6 Å². The summed E-state index contributed by atoms with van der Waals surface area (Å²) in [5, 5.41) is 0. The van der Waals surface area contributed by atoms with E-state index < -0.39 is 46.5 Å². The highest BCUT2D eigenvalue weighted by atomic mass is 19.3. The first kappa shape index (κ1) is 27.8. The zero-order valence-corrected chi connectivity index (χ0v) is 20.7. The van der Waals surface area contributed by atoms with E-state index in [1.54, 1.807) is 0 Å². The lowest BCUT2D eigenvalue weighted by atomic mass is 9.80. The molecule has 0 aliphatic heterocycles. The van der Waals surface area contributed by atoms with Crippen LogP contribution in [-0.4, -0.2) is 6.61 Å². The van der Waals surface area contributed by atoms with Crippen LogP contribution in [0, 0.1) is 40.9 Å². The van der Waals surface area contributed by atoms with Crippen LogP contribution in [0.1, 0.15) is 51.0 Å². The molecule has 0 saturated heterocycles. The average Bonchev–Trinajstić information content (AvgIpc) is 2.89. The first-order valence-corrected chi connectivity index (χ1v) is 12.5. The Labute approximate surface area is 216 Å². The largest absolute Gasteiger partial charge is 0.490 e. The van der Waals surface area contributed by atoms with E-state index in [-0.39, 0.29) is 22.8 Å². The monoisotopic (exact) mass is 540 g/mol. The number of hydrogen-bond donors (Lipinski definition) is 0. The minimum Gasteiger partial charge on any atom is -0.490 e. The summed E-state index contributed by atoms with van der Waals surface area (Å²) >= 11 is 0. The Morgan fingerprint density at radius 3 is 1.97 bits per heavy atom. The van der Waals surface area contributed by atoms with Crippen molar-refractivity contribution in [3.63, 3.8) is 0 Å². The number of hydrogen-bond acceptors (Lipinski definition) is 2. The number of ether oxygens (including phenoxy) is 2. The van der Waals surface area contributed by atoms with Crippen molar-refractivity contribution in [2.75, 3.05) is 6.61 Å². The summed E-state index contributed by atoms with van der Waals surface area (Å²) in [7, 11) is 0. The van der Waals surface area contributed by atoms with E-state index in [9.17, 15) is 30.7 Å². The molecule has 2 nitrogen and oxygen atoms in total. The SMILES string of the molecule is CCCC1CCC(COc2ccc(-c3ccc(C(F)(F)Oc4cc(F)c(F)c(F)c4)cc3)c(F)c2F)CC1. The zero-order valence-electron chi connectivity index (χ0n) is 20.7. The lowest BCUT2D eigenvalue weighted by Gasteiger charge is -2.28. The molecule has 204 valence electrons. The quantitative estimate of drug-likeness (QED) is 0.199. The fourth-order valence-corrected chi connectivity index (χ4v) is 4.81. The molecule has 3 aromatic carbocycles. The number of rotatable bonds is 9. The molecule has 1 aliphatic rings. The molecule has 0 unspecified atom stereocenters. The fraction of sp³-hybridized carbons (Fsp3) is 0.379. The Balaban J connectivity index is 1.43. The van der Waals surface area contributed by atoms with Crippen LogP contribution in [-0.2, 0) is 6.11 Å². The van der Waals surface area contributed by atoms with E-state index >= 15 is 0 Å². The molecule has 0 radical (unpaired) electrons. The predicted octanol–water partition coefficient (Wildman–Crippen LogP) is 9.16. The molecule has 0 atom stereocenters. The maximum atomic E-state index is 14.9. The molecule has 1 fully saturated rings. The molecule has 0 bridgehead atoms. The topological polar surface area (TPSA) is 18.5 Å². The van der Waals surface area contributed by atoms with E-state index in [4.69, 9.17) is 4.74 Å². The fourth-order valence-electron chi connectivity index (χ4n) is 4.81. The third-order valence-corrected chi connectivity index (χ3v) is 6.92. The Hall–Kier alpha value is -3.23. The van der Waals surface area contributed by atoms with E-state index in [0.29, 0.717) is 18.7 Å². The molecular formula is C29H27F7O2. The minimum absolute atomic E-state index is 0.112. The van der Waals surface area contributed by atoms with E-state index in [1.807, 2.05) is 0 Å². The average molecular weight is 541 g/mol. The summed E-state index contributed by atoms with van der Waals surface area (Å²) in [5.74, 6) is -7.66. The van der Waals surface area contributed by atoms with Gasteiger partial charge in [-0.2, -0.15) is 13.2 Å². The van der Waals surface area contributed by atoms with Gasteiger partial charge in [0.1, 0.15) is 5.75 Å². The maximum absolute atomic E-state index is 14.9. The Kier molecular flexibility index (Phi) is 8.53. The van der Waals surface area contributed by atoms with Gasteiger partial charge in [0, 0.05) is 17.7 Å². The highest BCUT2D eigenvalue weighted by Gasteiger charge is 2.35. The van der Waals surface area contributed by atoms with E-state index in [0.717, 1.165) is 62.3 Å². The third-order valence-electron chi connectivity index (χ3n) is 6.92. The molecule has 3 aromatic rings. The second-order valence-corrected chi connectivity index (χ2v) is 9.62. The summed E-state index contributed by atoms with van der Waals surface area (Å²) in [6.07, 6.45) is 2.49. The van der Waals surface area contributed by atoms with E-state index in [1.165, 1.54) is 18.6 Å². The Bertz CT molecular complexity index is 1230. The van der Waals surface area contributed by atoms with Crippen molar-refractivity contribution in [1.82, 2.24) is 0 Å². The highest BCUT2D eigenvalue weighted by Crippen LogP contribution is 2.36. The van der Waals surface area contributed by atoms with Gasteiger partial charge in [0.15, 0.2) is 29.0 Å². The number of benzene rings is 3. The summed E-state index contributed by atoms with van der Waals surface area (Å²) < 4.78 is 108. The molecule has 1 saturated carbocycles. The van der Waals surface area contributed by atoms with Crippen molar-refractivity contribution in [1.29, 1.82) is 0 Å². The van der Waals surface area contributed by atoms with Gasteiger partial charge < -0.3 is 9.47 Å². The van der Waals surface area contributed by atoms with Gasteiger partial charge in [-0.15, -0.1) is 0 Å². The standard InChI is InChI=1S/C29H27F7O2/c1-2-3-17-4-6-18(7-5-17)16-37-25-13-12-22(26(32)28(25)34)19-8-10-20(11-9-19)29(35,36)38-21-14-23(30)27(33)24(31)15-21/h8-15,17-18H,2-7,16H2,1H3. The van der Waals surface area contributed by atoms with Gasteiger partial charge in [0.2, 0.25) is 5.82 Å². The molecule has 1 aliphatic carbocycles. The minimum atomic E-state index is -4.05. The van der Waals surface area contributed by atoms with Gasteiger partial charge in [-0.1, -0.05) is 44.7 Å². The second kappa shape index (κ2) is 11.7. The Morgan fingerprint density at radius 2 is 1.37 bits per heavy atom. The summed E-state index contributed by atoms with van der Waals surface area (Å²) in [5.41, 5.74) is -0.769. The third kappa shape index (κ3) is 6.25. The van der Waals surface area contributed by atoms with Crippen LogP contribution >= 0.6 is 0 Å². The van der Waals surface area contributed by atoms with Gasteiger partial charge in [-0.05, 0) is 54.5 Å². The maximum Gasteiger partial charge on any atom is 0.426 e. The Morgan fingerprint density at radius 1 is 0.763 bits per heavy atom. The van der Waals surface area contributed by atoms with Crippen molar-refractivity contribution in [2.24, 2.45) is 11.8 Å². The van der Waals surface area contributed by atoms with Crippen LogP contribution in [0.3, 0.4) is 0 Å². The second-order valence-electron chi connectivity index (χ2n) is 9.62. The molecule has 4 rings (SSSR count). The van der Waals surface area contributed by atoms with Crippen LogP contribution in [0.25, 0.3) is 11.1 Å². The van der Waals surface area contributed by atoms with Crippen molar-refractivity contribution >= 4 is 0 Å². The summed E-state index contributed by atoms with van der Waals surface area (Å²) in [4.78, 5) is 0. The molecule has 0 spiro atoms. The van der Waals surface area contributed by atoms with Crippen molar-refractivity contribution in [3.8, 4) is 22.6 Å². The zero-order chi connectivity index (χ0) is 27.4. The summed E-state index contributed by atoms with van der Waals surface area (Å²) in [6, 6.07) is 7.26. The summed E-state index contributed by atoms with van der Waals surface area (Å²) in [6.45, 7) is 2.46. The lowest BCUT2D eigenvalue weighted by Crippen LogP contribution is -2.22. The van der Waals surface area contributed by atoms with Crippen LogP contribution in [0.4, 0.5) is 30.7 Å². The lowest BCUT2D eigenvalue weighted by molar-refractivity contribution is -0.185. The van der Waals surface area contributed by atoms with Crippen LogP contribution in [0.2, 0.25) is 0 Å². The molecular weight excluding hydrogens is 513 g/mol. The van der Waals surface area contributed by atoms with Crippen LogP contribution in [0.15, 0.2) is 48.5 Å². The van der Waals surface area contributed by atoms with Crippen molar-refractivity contribution < 1.29 is 40.2 Å². The molecule has 0 aromatic heterocycles. The van der Waals surface area contributed by atoms with Gasteiger partial charge in [-0.3, -0.25) is 0 Å². The first-order valence-electron chi connectivity index (χ1n) is 12.5. The molecule has 9 heteroatoms. The van der Waals surface area contributed by atoms with Crippen LogP contribution < -0.4 is 9.47 Å². The normalized spacial score (nSPS) is 17.9. The molecule has 0 heterocycles. The smallest absolute Gasteiger partial charge is 0.426 e. The van der Waals surface area contributed by atoms with Gasteiger partial charge in [0.25, 0.3) is 0 Å². The molecule has 0 amide bonds. The highest BCUT2D eigenvalue weighted by molar-refractivity contribution is 5.65. The predicted molar refractivity (Wildman–Crippen MR) is 128 cm³/mol. The van der Waals surface area contributed by atoms with Crippen molar-refractivity contribution in [3.05, 3.63) is 83.2 Å². The van der Waals surface area contributed by atoms with E-state index in [2.05, 4.69) is 11.7 Å². The van der Waals surface area contributed by atoms with Crippen LogP contribution in [0.5, 0.6) is 11.5 Å². The molecule has 0 N–H and O–H groups in total. The first-order chi connectivity index (χ1) is 18.1. The number of halogens is 7. The van der Waals surface area contributed by atoms with Gasteiger partial charge in [0.05, 0.1) is 12.2 Å². The molecule has 38 heavy (non-hydrogen) atoms. The number of alkyl halides is 2.